The Morgan fingerprint density at radius 3 is 2.21 bits per heavy atom. The molecule has 0 aliphatic heterocycles. The van der Waals surface area contributed by atoms with E-state index in [9.17, 15) is 4.79 Å². The molecule has 19 heavy (non-hydrogen) atoms. The molecule has 0 saturated heterocycles. The molecule has 0 atom stereocenters. The zero-order valence-corrected chi connectivity index (χ0v) is 13.1. The van der Waals surface area contributed by atoms with E-state index in [0.29, 0.717) is 12.1 Å². The second kappa shape index (κ2) is 5.99. The number of nitrogens with one attached hydrogen (secondary N) is 1. The molecular formula is C13H19Cl2N3O. The van der Waals surface area contributed by atoms with Crippen LogP contribution in [-0.2, 0) is 0 Å². The van der Waals surface area contributed by atoms with Gasteiger partial charge >= 0.3 is 0 Å². The van der Waals surface area contributed by atoms with Gasteiger partial charge in [-0.1, -0.05) is 23.2 Å². The Morgan fingerprint density at radius 2 is 1.79 bits per heavy atom. The van der Waals surface area contributed by atoms with Crippen LogP contribution < -0.4 is 11.1 Å². The largest absolute Gasteiger partial charge is 0.396 e. The standard InChI is InChI=1S/C13H19Cl2N3O/c1-13(2,18(3)4)7-17-12(19)8-5-9(14)11(16)10(15)6-8/h5-6H,7,16H2,1-4H3,(H,17,19). The Morgan fingerprint density at radius 1 is 1.32 bits per heavy atom. The number of carbonyl (C=O) groups is 1. The molecule has 1 aromatic rings. The van der Waals surface area contributed by atoms with Crippen LogP contribution in [0.3, 0.4) is 0 Å². The van der Waals surface area contributed by atoms with Gasteiger partial charge in [-0.3, -0.25) is 4.79 Å². The molecule has 1 rings (SSSR count). The van der Waals surface area contributed by atoms with E-state index in [2.05, 4.69) is 5.32 Å². The summed E-state index contributed by atoms with van der Waals surface area (Å²) in [5, 5.41) is 3.42. The lowest BCUT2D eigenvalue weighted by Gasteiger charge is -2.32. The van der Waals surface area contributed by atoms with Gasteiger partial charge in [-0.05, 0) is 40.1 Å². The molecular weight excluding hydrogens is 285 g/mol. The van der Waals surface area contributed by atoms with Gasteiger partial charge in [-0.15, -0.1) is 0 Å². The molecule has 0 fully saturated rings. The molecule has 0 aromatic heterocycles. The molecule has 1 aromatic carbocycles. The van der Waals surface area contributed by atoms with Gasteiger partial charge in [0.25, 0.3) is 5.91 Å². The van der Waals surface area contributed by atoms with Gasteiger partial charge in [0.05, 0.1) is 15.7 Å². The molecule has 106 valence electrons. The van der Waals surface area contributed by atoms with Crippen molar-refractivity contribution < 1.29 is 4.79 Å². The first-order valence-electron chi connectivity index (χ1n) is 5.85. The monoisotopic (exact) mass is 303 g/mol. The minimum atomic E-state index is -0.223. The van der Waals surface area contributed by atoms with Gasteiger partial charge in [0.15, 0.2) is 0 Å². The van der Waals surface area contributed by atoms with Gasteiger partial charge in [-0.2, -0.15) is 0 Å². The normalized spacial score (nSPS) is 11.7. The van der Waals surface area contributed by atoms with Crippen LogP contribution in [0.2, 0.25) is 10.0 Å². The van der Waals surface area contributed by atoms with Crippen LogP contribution in [0.25, 0.3) is 0 Å². The van der Waals surface area contributed by atoms with Gasteiger partial charge in [-0.25, -0.2) is 0 Å². The van der Waals surface area contributed by atoms with Crippen molar-refractivity contribution in [2.45, 2.75) is 19.4 Å². The number of nitrogen functional groups attached to an aromatic ring is 1. The minimum absolute atomic E-state index is 0.142. The Hall–Kier alpha value is -0.970. The third kappa shape index (κ3) is 4.00. The number of hydrogen-bond acceptors (Lipinski definition) is 3. The third-order valence-electron chi connectivity index (χ3n) is 3.23. The summed E-state index contributed by atoms with van der Waals surface area (Å²) >= 11 is 11.8. The van der Waals surface area contributed by atoms with E-state index in [0.717, 1.165) is 0 Å². The molecule has 1 amide bonds. The maximum atomic E-state index is 12.0. The maximum absolute atomic E-state index is 12.0. The third-order valence-corrected chi connectivity index (χ3v) is 3.86. The molecule has 0 unspecified atom stereocenters. The summed E-state index contributed by atoms with van der Waals surface area (Å²) in [7, 11) is 3.92. The van der Waals surface area contributed by atoms with Crippen LogP contribution in [0, 0.1) is 0 Å². The van der Waals surface area contributed by atoms with Crippen LogP contribution in [0.5, 0.6) is 0 Å². The van der Waals surface area contributed by atoms with Crippen molar-refractivity contribution >= 4 is 34.8 Å². The van der Waals surface area contributed by atoms with Crippen LogP contribution in [0.15, 0.2) is 12.1 Å². The second-order valence-electron chi connectivity index (χ2n) is 5.24. The molecule has 0 radical (unpaired) electrons. The molecule has 0 aliphatic rings. The smallest absolute Gasteiger partial charge is 0.251 e. The SMILES string of the molecule is CN(C)C(C)(C)CNC(=O)c1cc(Cl)c(N)c(Cl)c1. The summed E-state index contributed by atoms with van der Waals surface area (Å²) in [6, 6.07) is 3.03. The highest BCUT2D eigenvalue weighted by molar-refractivity contribution is 6.39. The van der Waals surface area contributed by atoms with Crippen molar-refractivity contribution in [2.75, 3.05) is 26.4 Å². The number of likely N-dealkylation sites (N-methyl/N-ethyl adjacent to an activating group) is 1. The average Bonchev–Trinajstić information content (AvgIpc) is 2.32. The molecule has 4 nitrogen and oxygen atoms in total. The van der Waals surface area contributed by atoms with E-state index in [1.165, 1.54) is 12.1 Å². The lowest BCUT2D eigenvalue weighted by Crippen LogP contribution is -2.48. The summed E-state index contributed by atoms with van der Waals surface area (Å²) in [5.41, 5.74) is 6.18. The predicted octanol–water partition coefficient (Wildman–Crippen LogP) is 2.65. The number of anilines is 1. The molecule has 0 bridgehead atoms. The average molecular weight is 304 g/mol. The van der Waals surface area contributed by atoms with Gasteiger partial charge in [0.1, 0.15) is 0 Å². The quantitative estimate of drug-likeness (QED) is 0.841. The molecule has 6 heteroatoms. The minimum Gasteiger partial charge on any atom is -0.396 e. The Kier molecular flexibility index (Phi) is 5.07. The first kappa shape index (κ1) is 16.1. The van der Waals surface area contributed by atoms with E-state index in [4.69, 9.17) is 28.9 Å². The summed E-state index contributed by atoms with van der Waals surface area (Å²) in [6.45, 7) is 4.59. The number of nitrogens with two attached hydrogens (primary N) is 1. The van der Waals surface area contributed by atoms with Crippen molar-refractivity contribution in [1.29, 1.82) is 0 Å². The first-order chi connectivity index (χ1) is 8.65. The van der Waals surface area contributed by atoms with E-state index in [1.807, 2.05) is 32.8 Å². The fourth-order valence-electron chi connectivity index (χ4n) is 1.27. The number of amides is 1. The van der Waals surface area contributed by atoms with Crippen molar-refractivity contribution in [3.8, 4) is 0 Å². The van der Waals surface area contributed by atoms with Crippen molar-refractivity contribution in [1.82, 2.24) is 10.2 Å². The zero-order valence-electron chi connectivity index (χ0n) is 11.6. The van der Waals surface area contributed by atoms with Crippen molar-refractivity contribution in [3.63, 3.8) is 0 Å². The fourth-order valence-corrected chi connectivity index (χ4v) is 1.76. The molecule has 0 heterocycles. The lowest BCUT2D eigenvalue weighted by molar-refractivity contribution is 0.0919. The molecule has 0 saturated carbocycles. The zero-order chi connectivity index (χ0) is 14.8. The van der Waals surface area contributed by atoms with E-state index in [-0.39, 0.29) is 27.2 Å². The number of carbonyl (C=O) groups excluding carboxylic acids is 1. The highest BCUT2D eigenvalue weighted by Crippen LogP contribution is 2.28. The Bertz CT molecular complexity index is 464. The topological polar surface area (TPSA) is 58.4 Å². The molecule has 0 spiro atoms. The molecule has 0 aliphatic carbocycles. The number of hydrogen-bond donors (Lipinski definition) is 2. The van der Waals surface area contributed by atoms with E-state index >= 15 is 0 Å². The summed E-state index contributed by atoms with van der Waals surface area (Å²) < 4.78 is 0. The van der Waals surface area contributed by atoms with E-state index in [1.54, 1.807) is 0 Å². The van der Waals surface area contributed by atoms with Gasteiger partial charge in [0.2, 0.25) is 0 Å². The van der Waals surface area contributed by atoms with Crippen LogP contribution >= 0.6 is 23.2 Å². The second-order valence-corrected chi connectivity index (χ2v) is 6.06. The fraction of sp³-hybridized carbons (Fsp3) is 0.462. The van der Waals surface area contributed by atoms with E-state index < -0.39 is 0 Å². The molecule has 3 N–H and O–H groups in total. The number of rotatable bonds is 4. The van der Waals surface area contributed by atoms with Crippen LogP contribution in [-0.4, -0.2) is 37.0 Å². The maximum Gasteiger partial charge on any atom is 0.251 e. The number of halogens is 2. The summed E-state index contributed by atoms with van der Waals surface area (Å²) in [5.74, 6) is -0.223. The van der Waals surface area contributed by atoms with Crippen molar-refractivity contribution in [2.24, 2.45) is 0 Å². The summed E-state index contributed by atoms with van der Waals surface area (Å²) in [6.07, 6.45) is 0. The van der Waals surface area contributed by atoms with Gasteiger partial charge < -0.3 is 16.0 Å². The van der Waals surface area contributed by atoms with Crippen LogP contribution in [0.4, 0.5) is 5.69 Å². The highest BCUT2D eigenvalue weighted by Gasteiger charge is 2.21. The first-order valence-corrected chi connectivity index (χ1v) is 6.61. The Balaban J connectivity index is 2.80. The lowest BCUT2D eigenvalue weighted by atomic mass is 10.0. The summed E-state index contributed by atoms with van der Waals surface area (Å²) in [4.78, 5) is 14.1. The number of benzene rings is 1. The Labute approximate surface area is 123 Å². The van der Waals surface area contributed by atoms with Gasteiger partial charge in [0, 0.05) is 17.6 Å². The highest BCUT2D eigenvalue weighted by atomic mass is 35.5. The number of nitrogens with zero attached hydrogens (tertiary/aromatic N) is 1. The van der Waals surface area contributed by atoms with Crippen LogP contribution in [0.1, 0.15) is 24.2 Å². The van der Waals surface area contributed by atoms with Crippen molar-refractivity contribution in [3.05, 3.63) is 27.7 Å². The predicted molar refractivity (Wildman–Crippen MR) is 81.0 cm³/mol.